The van der Waals surface area contributed by atoms with E-state index in [4.69, 9.17) is 9.40 Å². The van der Waals surface area contributed by atoms with E-state index in [0.29, 0.717) is 23.1 Å². The van der Waals surface area contributed by atoms with Gasteiger partial charge < -0.3 is 9.32 Å². The fraction of sp³-hybridized carbons (Fsp3) is 0.154. The molecule has 1 unspecified atom stereocenters. The molecular formula is C26H23N5O2. The summed E-state index contributed by atoms with van der Waals surface area (Å²) in [5.74, 6) is 0.671. The van der Waals surface area contributed by atoms with E-state index < -0.39 is 0 Å². The fourth-order valence-corrected chi connectivity index (χ4v) is 3.88. The van der Waals surface area contributed by atoms with E-state index in [2.05, 4.69) is 10.1 Å². The Morgan fingerprint density at radius 1 is 1.09 bits per heavy atom. The summed E-state index contributed by atoms with van der Waals surface area (Å²) in [6, 6.07) is 19.2. The van der Waals surface area contributed by atoms with Crippen LogP contribution in [-0.4, -0.2) is 37.6 Å². The Morgan fingerprint density at radius 2 is 1.88 bits per heavy atom. The van der Waals surface area contributed by atoms with Crippen molar-refractivity contribution in [2.24, 2.45) is 0 Å². The van der Waals surface area contributed by atoms with Gasteiger partial charge in [-0.1, -0.05) is 30.3 Å². The molecule has 4 heterocycles. The highest BCUT2D eigenvalue weighted by Gasteiger charge is 2.24. The molecule has 1 aromatic carbocycles. The molecule has 1 amide bonds. The maximum absolute atomic E-state index is 13.7. The van der Waals surface area contributed by atoms with Gasteiger partial charge in [0.05, 0.1) is 35.1 Å². The molecule has 7 nitrogen and oxygen atoms in total. The number of aromatic nitrogens is 4. The molecule has 0 N–H and O–H groups in total. The van der Waals surface area contributed by atoms with Gasteiger partial charge in [-0.3, -0.25) is 9.78 Å². The molecule has 0 saturated heterocycles. The van der Waals surface area contributed by atoms with Crippen molar-refractivity contribution in [2.45, 2.75) is 19.5 Å². The van der Waals surface area contributed by atoms with E-state index >= 15 is 0 Å². The van der Waals surface area contributed by atoms with E-state index in [1.165, 1.54) is 0 Å². The third-order valence-electron chi connectivity index (χ3n) is 5.88. The van der Waals surface area contributed by atoms with Crippen molar-refractivity contribution in [1.29, 1.82) is 0 Å². The Morgan fingerprint density at radius 3 is 2.61 bits per heavy atom. The highest BCUT2D eigenvalue weighted by molar-refractivity contribution is 6.06. The van der Waals surface area contributed by atoms with Crippen molar-refractivity contribution in [1.82, 2.24) is 24.6 Å². The standard InChI is InChI=1S/C26H23N5O2/c1-18(19-10-12-27-13-11-19)30(2)26(32)22-15-24(20-7-4-3-5-8-20)29-25-23(22)16-28-31(25)17-21-9-6-14-33-21/h3-16,18H,17H2,1-2H3. The Hall–Kier alpha value is -4.26. The average molecular weight is 438 g/mol. The molecule has 0 radical (unpaired) electrons. The molecule has 0 aliphatic carbocycles. The van der Waals surface area contributed by atoms with Crippen LogP contribution in [0.15, 0.2) is 89.9 Å². The molecule has 7 heteroatoms. The number of furan rings is 1. The number of benzene rings is 1. The molecule has 4 aromatic heterocycles. The van der Waals surface area contributed by atoms with Crippen LogP contribution in [0, 0.1) is 0 Å². The smallest absolute Gasteiger partial charge is 0.254 e. The maximum atomic E-state index is 13.7. The number of nitrogens with zero attached hydrogens (tertiary/aromatic N) is 5. The van der Waals surface area contributed by atoms with Gasteiger partial charge >= 0.3 is 0 Å². The molecule has 0 fully saturated rings. The van der Waals surface area contributed by atoms with Crippen molar-refractivity contribution in [3.8, 4) is 11.3 Å². The normalized spacial score (nSPS) is 12.1. The van der Waals surface area contributed by atoms with Crippen molar-refractivity contribution in [3.05, 3.63) is 102 Å². The van der Waals surface area contributed by atoms with Gasteiger partial charge in [0.2, 0.25) is 0 Å². The van der Waals surface area contributed by atoms with Gasteiger partial charge in [0.25, 0.3) is 5.91 Å². The molecule has 0 aliphatic rings. The molecule has 164 valence electrons. The monoisotopic (exact) mass is 437 g/mol. The summed E-state index contributed by atoms with van der Waals surface area (Å²) in [6.07, 6.45) is 6.81. The van der Waals surface area contributed by atoms with Crippen LogP contribution in [0.1, 0.15) is 34.6 Å². The molecule has 33 heavy (non-hydrogen) atoms. The highest BCUT2D eigenvalue weighted by Crippen LogP contribution is 2.28. The Labute approximate surface area is 191 Å². The Balaban J connectivity index is 1.61. The summed E-state index contributed by atoms with van der Waals surface area (Å²) in [7, 11) is 1.81. The third-order valence-corrected chi connectivity index (χ3v) is 5.88. The van der Waals surface area contributed by atoms with Crippen LogP contribution in [0.25, 0.3) is 22.3 Å². The lowest BCUT2D eigenvalue weighted by Crippen LogP contribution is -2.30. The quantitative estimate of drug-likeness (QED) is 0.375. The van der Waals surface area contributed by atoms with Crippen LogP contribution in [0.5, 0.6) is 0 Å². The zero-order valence-corrected chi connectivity index (χ0v) is 18.4. The number of fused-ring (bicyclic) bond motifs is 1. The van der Waals surface area contributed by atoms with Crippen LogP contribution in [0.4, 0.5) is 0 Å². The molecule has 5 rings (SSSR count). The van der Waals surface area contributed by atoms with E-state index in [9.17, 15) is 4.79 Å². The largest absolute Gasteiger partial charge is 0.467 e. The van der Waals surface area contributed by atoms with Crippen molar-refractivity contribution in [2.75, 3.05) is 7.05 Å². The number of amides is 1. The SMILES string of the molecule is CC(c1ccncc1)N(C)C(=O)c1cc(-c2ccccc2)nc2c1cnn2Cc1ccco1. The molecular weight excluding hydrogens is 414 g/mol. The molecule has 0 aliphatic heterocycles. The number of rotatable bonds is 6. The number of carbonyl (C=O) groups is 1. The van der Waals surface area contributed by atoms with E-state index in [1.54, 1.807) is 34.4 Å². The summed E-state index contributed by atoms with van der Waals surface area (Å²) in [6.45, 7) is 2.43. The maximum Gasteiger partial charge on any atom is 0.254 e. The topological polar surface area (TPSA) is 77.1 Å². The summed E-state index contributed by atoms with van der Waals surface area (Å²) < 4.78 is 7.27. The second-order valence-corrected chi connectivity index (χ2v) is 7.91. The number of pyridine rings is 2. The summed E-state index contributed by atoms with van der Waals surface area (Å²) in [4.78, 5) is 24.4. The number of hydrogen-bond donors (Lipinski definition) is 0. The minimum absolute atomic E-state index is 0.0959. The predicted molar refractivity (Wildman–Crippen MR) is 126 cm³/mol. The first-order chi connectivity index (χ1) is 16.1. The Bertz CT molecular complexity index is 1380. The zero-order chi connectivity index (χ0) is 22.8. The molecule has 0 bridgehead atoms. The van der Waals surface area contributed by atoms with Gasteiger partial charge in [-0.2, -0.15) is 5.10 Å². The van der Waals surface area contributed by atoms with Crippen LogP contribution in [0.3, 0.4) is 0 Å². The summed E-state index contributed by atoms with van der Waals surface area (Å²) >= 11 is 0. The van der Waals surface area contributed by atoms with Crippen molar-refractivity contribution < 1.29 is 9.21 Å². The van der Waals surface area contributed by atoms with Gasteiger partial charge in [-0.05, 0) is 42.8 Å². The molecule has 0 saturated carbocycles. The van der Waals surface area contributed by atoms with E-state index in [0.717, 1.165) is 22.6 Å². The second kappa shape index (κ2) is 8.70. The molecule has 0 spiro atoms. The van der Waals surface area contributed by atoms with Gasteiger partial charge in [0, 0.05) is 25.0 Å². The summed E-state index contributed by atoms with van der Waals surface area (Å²) in [5, 5.41) is 5.23. The number of carbonyl (C=O) groups excluding carboxylic acids is 1. The lowest BCUT2D eigenvalue weighted by molar-refractivity contribution is 0.0744. The van der Waals surface area contributed by atoms with E-state index in [1.807, 2.05) is 74.6 Å². The van der Waals surface area contributed by atoms with Crippen LogP contribution in [0.2, 0.25) is 0 Å². The van der Waals surface area contributed by atoms with Crippen molar-refractivity contribution in [3.63, 3.8) is 0 Å². The lowest BCUT2D eigenvalue weighted by Gasteiger charge is -2.25. The van der Waals surface area contributed by atoms with Gasteiger partial charge in [0.15, 0.2) is 5.65 Å². The third kappa shape index (κ3) is 4.01. The zero-order valence-electron chi connectivity index (χ0n) is 18.4. The second-order valence-electron chi connectivity index (χ2n) is 7.91. The van der Waals surface area contributed by atoms with Crippen molar-refractivity contribution >= 4 is 16.9 Å². The van der Waals surface area contributed by atoms with E-state index in [-0.39, 0.29) is 11.9 Å². The minimum atomic E-state index is -0.123. The van der Waals surface area contributed by atoms with Crippen LogP contribution >= 0.6 is 0 Å². The Kier molecular flexibility index (Phi) is 5.44. The minimum Gasteiger partial charge on any atom is -0.467 e. The van der Waals surface area contributed by atoms with Crippen LogP contribution < -0.4 is 0 Å². The van der Waals surface area contributed by atoms with Gasteiger partial charge in [-0.25, -0.2) is 9.67 Å². The average Bonchev–Trinajstić information content (AvgIpc) is 3.54. The molecule has 1 atom stereocenters. The first-order valence-corrected chi connectivity index (χ1v) is 10.7. The van der Waals surface area contributed by atoms with Gasteiger partial charge in [-0.15, -0.1) is 0 Å². The first-order valence-electron chi connectivity index (χ1n) is 10.7. The predicted octanol–water partition coefficient (Wildman–Crippen LogP) is 4.97. The highest BCUT2D eigenvalue weighted by atomic mass is 16.3. The van der Waals surface area contributed by atoms with Gasteiger partial charge in [0.1, 0.15) is 12.3 Å². The fourth-order valence-electron chi connectivity index (χ4n) is 3.88. The van der Waals surface area contributed by atoms with Crippen LogP contribution in [-0.2, 0) is 6.54 Å². The molecule has 5 aromatic rings. The lowest BCUT2D eigenvalue weighted by atomic mass is 10.0. The first kappa shape index (κ1) is 20.6. The number of hydrogen-bond acceptors (Lipinski definition) is 5. The summed E-state index contributed by atoms with van der Waals surface area (Å²) in [5.41, 5.74) is 3.87.